The van der Waals surface area contributed by atoms with Gasteiger partial charge in [-0.2, -0.15) is 5.43 Å². The Balaban J connectivity index is 2.12. The third-order valence-electron chi connectivity index (χ3n) is 2.23. The minimum atomic E-state index is -1.50. The van der Waals surface area contributed by atoms with Crippen molar-refractivity contribution in [1.82, 2.24) is 25.7 Å². The summed E-state index contributed by atoms with van der Waals surface area (Å²) in [7, 11) is 0. The highest BCUT2D eigenvalue weighted by Crippen LogP contribution is 2.09. The van der Waals surface area contributed by atoms with Crippen LogP contribution in [0.1, 0.15) is 0 Å². The van der Waals surface area contributed by atoms with Gasteiger partial charge in [-0.3, -0.25) is 25.7 Å². The van der Waals surface area contributed by atoms with Gasteiger partial charge in [0.15, 0.2) is 6.17 Å². The summed E-state index contributed by atoms with van der Waals surface area (Å²) in [6, 6.07) is -1.45. The highest BCUT2D eigenvalue weighted by atomic mass is 16.6. The van der Waals surface area contributed by atoms with Crippen LogP contribution in [0.2, 0.25) is 0 Å². The van der Waals surface area contributed by atoms with E-state index in [1.54, 1.807) is 0 Å². The van der Waals surface area contributed by atoms with Crippen LogP contribution in [0.4, 0.5) is 0 Å². The van der Waals surface area contributed by atoms with Crippen molar-refractivity contribution in [3.8, 4) is 0 Å². The van der Waals surface area contributed by atoms with Gasteiger partial charge in [-0.1, -0.05) is 0 Å². The summed E-state index contributed by atoms with van der Waals surface area (Å²) in [5.41, 5.74) is 7.29. The van der Waals surface area contributed by atoms with Crippen LogP contribution < -0.4 is 16.3 Å². The van der Waals surface area contributed by atoms with Gasteiger partial charge in [0.2, 0.25) is 0 Å². The van der Waals surface area contributed by atoms with Crippen LogP contribution >= 0.6 is 0 Å². The van der Waals surface area contributed by atoms with E-state index >= 15 is 0 Å². The Labute approximate surface area is 93.2 Å². The number of hydrazine groups is 1. The Morgan fingerprint density at radius 1 is 1.18 bits per heavy atom. The molecule has 1 aromatic heterocycles. The highest BCUT2D eigenvalue weighted by Gasteiger charge is 2.53. The second-order valence-electron chi connectivity index (χ2n) is 3.27. The lowest BCUT2D eigenvalue weighted by molar-refractivity contribution is -0.615. The molecule has 12 nitrogen and oxygen atoms in total. The van der Waals surface area contributed by atoms with Crippen molar-refractivity contribution in [1.29, 1.82) is 0 Å². The Hall–Kier alpha value is -2.34. The first-order chi connectivity index (χ1) is 8.09. The van der Waals surface area contributed by atoms with Gasteiger partial charge in [0, 0.05) is 9.85 Å². The zero-order valence-electron chi connectivity index (χ0n) is 8.26. The molecule has 0 bridgehead atoms. The largest absolute Gasteiger partial charge is 0.348 e. The first-order valence-electron chi connectivity index (χ1n) is 4.49. The molecule has 0 aliphatic carbocycles. The van der Waals surface area contributed by atoms with Crippen molar-refractivity contribution in [2.45, 2.75) is 18.4 Å². The van der Waals surface area contributed by atoms with Crippen molar-refractivity contribution < 1.29 is 9.85 Å². The fraction of sp³-hybridized carbons (Fsp3) is 0.600. The van der Waals surface area contributed by atoms with E-state index in [-0.39, 0.29) is 0 Å². The molecular weight excluding hydrogens is 236 g/mol. The lowest BCUT2D eigenvalue weighted by atomic mass is 10.2. The monoisotopic (exact) mass is 244 g/mol. The Morgan fingerprint density at radius 3 is 2.35 bits per heavy atom. The van der Waals surface area contributed by atoms with Crippen molar-refractivity contribution in [3.05, 3.63) is 32.9 Å². The quantitative estimate of drug-likeness (QED) is 0.385. The van der Waals surface area contributed by atoms with Crippen LogP contribution in [-0.2, 0) is 0 Å². The van der Waals surface area contributed by atoms with Crippen LogP contribution in [0.25, 0.3) is 0 Å². The van der Waals surface area contributed by atoms with E-state index in [0.717, 1.165) is 0 Å². The summed E-state index contributed by atoms with van der Waals surface area (Å²) in [5, 5.41) is 28.4. The van der Waals surface area contributed by atoms with E-state index in [4.69, 9.17) is 0 Å². The number of nitro groups is 2. The second-order valence-corrected chi connectivity index (χ2v) is 3.27. The summed E-state index contributed by atoms with van der Waals surface area (Å²) in [4.78, 5) is 19.9. The fourth-order valence-electron chi connectivity index (χ4n) is 1.48. The molecule has 17 heavy (non-hydrogen) atoms. The lowest BCUT2D eigenvalue weighted by Gasteiger charge is -2.14. The predicted octanol–water partition coefficient (Wildman–Crippen LogP) is -2.50. The minimum Gasteiger partial charge on any atom is -0.298 e. The molecule has 0 spiro atoms. The summed E-state index contributed by atoms with van der Waals surface area (Å²) in [5.74, 6) is 0. The van der Waals surface area contributed by atoms with Gasteiger partial charge in [0.05, 0.1) is 0 Å². The average molecular weight is 244 g/mol. The number of nitrogens with one attached hydrogen (secondary N) is 3. The van der Waals surface area contributed by atoms with Crippen molar-refractivity contribution in [2.75, 3.05) is 5.43 Å². The molecule has 0 saturated carbocycles. The number of nitrogens with zero attached hydrogens (tertiary/aromatic N) is 5. The number of hydrogen-bond donors (Lipinski definition) is 3. The smallest absolute Gasteiger partial charge is 0.298 e. The van der Waals surface area contributed by atoms with E-state index in [9.17, 15) is 20.2 Å². The van der Waals surface area contributed by atoms with Gasteiger partial charge in [-0.15, -0.1) is 10.2 Å². The minimum absolute atomic E-state index is 0.720. The van der Waals surface area contributed by atoms with E-state index in [1.807, 2.05) is 0 Å². The van der Waals surface area contributed by atoms with E-state index in [2.05, 4.69) is 26.5 Å². The molecule has 3 N–H and O–H groups in total. The summed E-state index contributed by atoms with van der Waals surface area (Å²) >= 11 is 0. The van der Waals surface area contributed by atoms with Crippen LogP contribution in [0, 0.1) is 20.2 Å². The standard InChI is InChI=1S/C5H8N8O4/c14-12(15)3-4(8-9-5(3)13(16)17)10-11-1-6-7-2-11/h1-5,8-10H. The molecule has 1 saturated heterocycles. The SMILES string of the molecule is O=[N+]([O-])C1NNC(Nn2cnnc2)C1[N+](=O)[O-]. The van der Waals surface area contributed by atoms with Gasteiger partial charge in [0.1, 0.15) is 12.7 Å². The van der Waals surface area contributed by atoms with E-state index in [0.29, 0.717) is 0 Å². The molecule has 0 amide bonds. The van der Waals surface area contributed by atoms with Crippen molar-refractivity contribution in [3.63, 3.8) is 0 Å². The molecule has 1 aromatic rings. The van der Waals surface area contributed by atoms with Gasteiger partial charge < -0.3 is 0 Å². The van der Waals surface area contributed by atoms with Gasteiger partial charge in [-0.25, -0.2) is 10.1 Å². The zero-order chi connectivity index (χ0) is 12.4. The summed E-state index contributed by atoms with van der Waals surface area (Å²) in [6.45, 7) is 0. The first-order valence-corrected chi connectivity index (χ1v) is 4.49. The Morgan fingerprint density at radius 2 is 1.82 bits per heavy atom. The maximum absolute atomic E-state index is 10.8. The molecule has 2 heterocycles. The van der Waals surface area contributed by atoms with Gasteiger partial charge in [0.25, 0.3) is 0 Å². The van der Waals surface area contributed by atoms with Crippen LogP contribution in [0.3, 0.4) is 0 Å². The van der Waals surface area contributed by atoms with Crippen LogP contribution in [-0.4, -0.2) is 43.1 Å². The molecule has 1 fully saturated rings. The van der Waals surface area contributed by atoms with Crippen LogP contribution in [0.15, 0.2) is 12.7 Å². The van der Waals surface area contributed by atoms with Crippen LogP contribution in [0.5, 0.6) is 0 Å². The van der Waals surface area contributed by atoms with E-state index < -0.39 is 28.2 Å². The molecular formula is C5H8N8O4. The molecule has 0 aromatic carbocycles. The summed E-state index contributed by atoms with van der Waals surface area (Å²) in [6.07, 6.45) is 0.103. The molecule has 12 heteroatoms. The third kappa shape index (κ3) is 2.11. The van der Waals surface area contributed by atoms with Gasteiger partial charge >= 0.3 is 12.2 Å². The molecule has 92 valence electrons. The first kappa shape index (κ1) is 11.2. The van der Waals surface area contributed by atoms with Crippen molar-refractivity contribution in [2.24, 2.45) is 0 Å². The molecule has 3 atom stereocenters. The van der Waals surface area contributed by atoms with E-state index in [1.165, 1.54) is 17.3 Å². The maximum Gasteiger partial charge on any atom is 0.348 e. The maximum atomic E-state index is 10.8. The molecule has 1 aliphatic rings. The second kappa shape index (κ2) is 4.26. The number of aromatic nitrogens is 3. The average Bonchev–Trinajstić information content (AvgIpc) is 2.86. The summed E-state index contributed by atoms with van der Waals surface area (Å²) < 4.78 is 1.26. The van der Waals surface area contributed by atoms with Gasteiger partial charge in [-0.05, 0) is 0 Å². The zero-order valence-corrected chi connectivity index (χ0v) is 8.26. The lowest BCUT2D eigenvalue weighted by Crippen LogP contribution is -2.49. The van der Waals surface area contributed by atoms with Crippen molar-refractivity contribution >= 4 is 0 Å². The highest BCUT2D eigenvalue weighted by molar-refractivity contribution is 4.92. The molecule has 3 unspecified atom stereocenters. The Bertz CT molecular complexity index is 420. The molecule has 0 radical (unpaired) electrons. The molecule has 2 rings (SSSR count). The third-order valence-corrected chi connectivity index (χ3v) is 2.23. The fourth-order valence-corrected chi connectivity index (χ4v) is 1.48. The molecule has 1 aliphatic heterocycles. The number of hydrogen-bond acceptors (Lipinski definition) is 9. The number of rotatable bonds is 4. The normalized spacial score (nSPS) is 27.9. The predicted molar refractivity (Wildman–Crippen MR) is 51.0 cm³/mol. The Kier molecular flexibility index (Phi) is 2.80. The topological polar surface area (TPSA) is 153 Å².